The molecule has 0 saturated heterocycles. The van der Waals surface area contributed by atoms with Gasteiger partial charge in [-0.25, -0.2) is 0 Å². The summed E-state index contributed by atoms with van der Waals surface area (Å²) in [6.07, 6.45) is 0. The molecule has 0 saturated carbocycles. The van der Waals surface area contributed by atoms with E-state index in [1.165, 1.54) is 0 Å². The second kappa shape index (κ2) is 36.8. The zero-order chi connectivity index (χ0) is 0. The van der Waals surface area contributed by atoms with E-state index in [-0.39, 0.29) is 75.8 Å². The zero-order valence-corrected chi connectivity index (χ0v) is 8.46. The standard InChI is InChI=1S/Bi.4ClH/h;4*1H/p-4. The SMILES string of the molecule is [Bi].[Cl-].[Cl-].[Cl-].[Cl-]. The minimum absolute atomic E-state index is 0. The molecule has 0 unspecified atom stereocenters. The Morgan fingerprint density at radius 1 is 0.400 bits per heavy atom. The van der Waals surface area contributed by atoms with Crippen molar-refractivity contribution in [3.8, 4) is 0 Å². The number of hydrogen-bond donors (Lipinski definition) is 0. The Morgan fingerprint density at radius 2 is 0.400 bits per heavy atom. The van der Waals surface area contributed by atoms with Gasteiger partial charge in [-0.3, -0.25) is 0 Å². The fraction of sp³-hybridized carbons (Fsp3) is 0. The van der Waals surface area contributed by atoms with Crippen LogP contribution in [0.3, 0.4) is 0 Å². The summed E-state index contributed by atoms with van der Waals surface area (Å²) in [5, 5.41) is 0. The first-order valence-electron chi connectivity index (χ1n) is 0. The summed E-state index contributed by atoms with van der Waals surface area (Å²) in [4.78, 5) is 0. The molecule has 0 rings (SSSR count). The largest absolute Gasteiger partial charge is 1.00 e. The number of halogens is 4. The van der Waals surface area contributed by atoms with E-state index in [4.69, 9.17) is 0 Å². The summed E-state index contributed by atoms with van der Waals surface area (Å²) in [6, 6.07) is 0. The van der Waals surface area contributed by atoms with Crippen molar-refractivity contribution in [2.45, 2.75) is 0 Å². The van der Waals surface area contributed by atoms with Gasteiger partial charge >= 0.3 is 0 Å². The molecule has 0 aliphatic carbocycles. The molecule has 5 heavy (non-hydrogen) atoms. The van der Waals surface area contributed by atoms with Gasteiger partial charge in [0.15, 0.2) is 0 Å². The first-order valence-corrected chi connectivity index (χ1v) is 0. The van der Waals surface area contributed by atoms with E-state index < -0.39 is 0 Å². The van der Waals surface area contributed by atoms with Crippen molar-refractivity contribution in [3.05, 3.63) is 0 Å². The van der Waals surface area contributed by atoms with E-state index in [0.29, 0.717) is 0 Å². The topological polar surface area (TPSA) is 0 Å². The predicted octanol–water partition coefficient (Wildman–Crippen LogP) is -12.4. The molecule has 0 amide bonds. The summed E-state index contributed by atoms with van der Waals surface area (Å²) < 4.78 is 0. The van der Waals surface area contributed by atoms with Crippen LogP contribution in [0.15, 0.2) is 0 Å². The van der Waals surface area contributed by atoms with Gasteiger partial charge in [-0.15, -0.1) is 0 Å². The first kappa shape index (κ1) is 61.6. The molecule has 0 aliphatic rings. The van der Waals surface area contributed by atoms with Crippen LogP contribution in [0, 0.1) is 0 Å². The number of hydrogen-bond acceptors (Lipinski definition) is 0. The summed E-state index contributed by atoms with van der Waals surface area (Å²) in [5.74, 6) is 0. The maximum Gasteiger partial charge on any atom is 0 e. The first-order chi connectivity index (χ1) is 0. The smallest absolute Gasteiger partial charge is 0 e. The average Bonchev–Trinajstić information content (AvgIpc) is 0. The van der Waals surface area contributed by atoms with Crippen molar-refractivity contribution in [1.82, 2.24) is 0 Å². The van der Waals surface area contributed by atoms with Gasteiger partial charge in [0.2, 0.25) is 0 Å². The van der Waals surface area contributed by atoms with Crippen LogP contribution in [0.2, 0.25) is 0 Å². The Morgan fingerprint density at radius 3 is 0.400 bits per heavy atom. The quantitative estimate of drug-likeness (QED) is 0.381. The van der Waals surface area contributed by atoms with Gasteiger partial charge in [-0.1, -0.05) is 0 Å². The molecule has 0 aromatic rings. The monoisotopic (exact) mass is 349 g/mol. The molecule has 0 heterocycles. The predicted molar refractivity (Wildman–Crippen MR) is 5.75 cm³/mol. The minimum Gasteiger partial charge on any atom is -1.00 e. The average molecular weight is 351 g/mol. The molecule has 0 bridgehead atoms. The van der Waals surface area contributed by atoms with Gasteiger partial charge in [0.25, 0.3) is 0 Å². The van der Waals surface area contributed by atoms with Gasteiger partial charge in [0, 0.05) is 26.2 Å². The fourth-order valence-electron chi connectivity index (χ4n) is 0. The van der Waals surface area contributed by atoms with E-state index in [1.807, 2.05) is 0 Å². The van der Waals surface area contributed by atoms with Crippen molar-refractivity contribution in [2.24, 2.45) is 0 Å². The zero-order valence-electron chi connectivity index (χ0n) is 1.96. The molecule has 0 aliphatic heterocycles. The third-order valence-corrected chi connectivity index (χ3v) is 0. The Balaban J connectivity index is 0. The molecule has 0 fully saturated rings. The van der Waals surface area contributed by atoms with E-state index >= 15 is 0 Å². The molecule has 37 valence electrons. The summed E-state index contributed by atoms with van der Waals surface area (Å²) in [7, 11) is 0. The van der Waals surface area contributed by atoms with E-state index in [9.17, 15) is 0 Å². The van der Waals surface area contributed by atoms with Gasteiger partial charge in [-0.2, -0.15) is 0 Å². The maximum atomic E-state index is 0. The van der Waals surface area contributed by atoms with Gasteiger partial charge in [0.05, 0.1) is 0 Å². The van der Waals surface area contributed by atoms with Gasteiger partial charge in [-0.05, 0) is 0 Å². The van der Waals surface area contributed by atoms with E-state index in [1.54, 1.807) is 0 Å². The van der Waals surface area contributed by atoms with E-state index in [2.05, 4.69) is 0 Å². The van der Waals surface area contributed by atoms with Crippen molar-refractivity contribution in [2.75, 3.05) is 0 Å². The second-order valence-corrected chi connectivity index (χ2v) is 0. The summed E-state index contributed by atoms with van der Waals surface area (Å²) in [6.45, 7) is 0. The minimum atomic E-state index is 0. The van der Waals surface area contributed by atoms with Crippen LogP contribution in [-0.2, 0) is 0 Å². The summed E-state index contributed by atoms with van der Waals surface area (Å²) in [5.41, 5.74) is 0. The fourth-order valence-corrected chi connectivity index (χ4v) is 0. The van der Waals surface area contributed by atoms with Gasteiger partial charge in [0.1, 0.15) is 0 Å². The molecular formula is BiCl4-4. The van der Waals surface area contributed by atoms with Crippen LogP contribution in [0.1, 0.15) is 0 Å². The number of rotatable bonds is 0. The van der Waals surface area contributed by atoms with Crippen LogP contribution >= 0.6 is 0 Å². The molecule has 0 aromatic carbocycles. The Hall–Kier alpha value is 2.04. The molecular weight excluding hydrogens is 351 g/mol. The molecule has 3 radical (unpaired) electrons. The van der Waals surface area contributed by atoms with Crippen molar-refractivity contribution < 1.29 is 49.6 Å². The Labute approximate surface area is 75.2 Å². The van der Waals surface area contributed by atoms with E-state index in [0.717, 1.165) is 0 Å². The Bertz CT molecular complexity index is 3.61. The molecule has 0 nitrogen and oxygen atoms in total. The molecule has 0 spiro atoms. The Kier molecular flexibility index (Phi) is 454. The van der Waals surface area contributed by atoms with Crippen LogP contribution in [-0.4, -0.2) is 26.2 Å². The van der Waals surface area contributed by atoms with Crippen molar-refractivity contribution in [1.29, 1.82) is 0 Å². The maximum absolute atomic E-state index is 0. The van der Waals surface area contributed by atoms with Crippen LogP contribution in [0.4, 0.5) is 0 Å². The second-order valence-electron chi connectivity index (χ2n) is 0. The van der Waals surface area contributed by atoms with Crippen LogP contribution in [0.25, 0.3) is 0 Å². The van der Waals surface area contributed by atoms with Crippen LogP contribution in [0.5, 0.6) is 0 Å². The summed E-state index contributed by atoms with van der Waals surface area (Å²) >= 11 is 0. The van der Waals surface area contributed by atoms with Crippen molar-refractivity contribution in [3.63, 3.8) is 0 Å². The van der Waals surface area contributed by atoms with Crippen LogP contribution < -0.4 is 49.6 Å². The third-order valence-electron chi connectivity index (χ3n) is 0. The molecule has 0 N–H and O–H groups in total. The normalized spacial score (nSPS) is 0. The van der Waals surface area contributed by atoms with Crippen molar-refractivity contribution >= 4 is 26.2 Å². The van der Waals surface area contributed by atoms with Gasteiger partial charge < -0.3 is 49.6 Å². The molecule has 0 atom stereocenters. The molecule has 5 heteroatoms. The third kappa shape index (κ3) is 23.7. The molecule has 0 aromatic heterocycles.